The van der Waals surface area contributed by atoms with Crippen LogP contribution in [0.4, 0.5) is 0 Å². The first-order chi connectivity index (χ1) is 10.1. The van der Waals surface area contributed by atoms with Gasteiger partial charge in [0, 0.05) is 0 Å². The monoisotopic (exact) mass is 330 g/mol. The summed E-state index contributed by atoms with van der Waals surface area (Å²) in [6.45, 7) is 7.12. The lowest BCUT2D eigenvalue weighted by Gasteiger charge is -2.44. The van der Waals surface area contributed by atoms with Crippen molar-refractivity contribution in [2.45, 2.75) is 65.4 Å². The Bertz CT molecular complexity index is 485. The van der Waals surface area contributed by atoms with Crippen molar-refractivity contribution < 1.29 is 19.5 Å². The van der Waals surface area contributed by atoms with Gasteiger partial charge in [0.15, 0.2) is 0 Å². The van der Waals surface area contributed by atoms with Crippen LogP contribution in [0.1, 0.15) is 59.3 Å². The van der Waals surface area contributed by atoms with E-state index in [9.17, 15) is 9.67 Å². The normalized spacial score (nSPS) is 44.8. The Balaban J connectivity index is 1.85. The van der Waals surface area contributed by atoms with Gasteiger partial charge in [-0.2, -0.15) is 0 Å². The predicted octanol–water partition coefficient (Wildman–Crippen LogP) is 3.40. The summed E-state index contributed by atoms with van der Waals surface area (Å²) < 4.78 is 11.2. The van der Waals surface area contributed by atoms with Crippen LogP contribution in [0.15, 0.2) is 0 Å². The van der Waals surface area contributed by atoms with Crippen LogP contribution >= 0.6 is 7.60 Å². The van der Waals surface area contributed by atoms with Gasteiger partial charge in [-0.3, -0.25) is 4.57 Å². The summed E-state index contributed by atoms with van der Waals surface area (Å²) in [6.07, 6.45) is 5.59. The van der Waals surface area contributed by atoms with Crippen molar-refractivity contribution in [2.24, 2.45) is 34.5 Å². The molecule has 3 N–H and O–H groups in total. The summed E-state index contributed by atoms with van der Waals surface area (Å²) in [4.78, 5) is 18.2. The van der Waals surface area contributed by atoms with E-state index < -0.39 is 13.7 Å². The lowest BCUT2D eigenvalue weighted by Crippen LogP contribution is -2.41. The smallest absolute Gasteiger partial charge is 0.325 e. The molecule has 3 saturated carbocycles. The number of hydrogen-bond acceptors (Lipinski definition) is 2. The lowest BCUT2D eigenvalue weighted by molar-refractivity contribution is -0.0227. The molecule has 6 atom stereocenters. The Morgan fingerprint density at radius 1 is 1.18 bits per heavy atom. The molecule has 3 aliphatic carbocycles. The van der Waals surface area contributed by atoms with Gasteiger partial charge < -0.3 is 14.9 Å². The van der Waals surface area contributed by atoms with Crippen LogP contribution in [-0.2, 0) is 4.57 Å². The fourth-order valence-corrected chi connectivity index (χ4v) is 7.28. The van der Waals surface area contributed by atoms with E-state index in [4.69, 9.17) is 9.79 Å². The standard InChI is InChI=1S/C17H31O4P/c1-16(2)8-4-9-17(3)12-6-5-11(14(12)16)15(17)13(18)7-10-22(19,20)21/h11-15,18H,4-10H2,1-3H3,(H2,19,20,21)/t11-,12+,13-,14+,15+,17-/m0/s1. The summed E-state index contributed by atoms with van der Waals surface area (Å²) in [5.74, 6) is 2.12. The molecule has 0 aromatic rings. The zero-order valence-corrected chi connectivity index (χ0v) is 14.9. The van der Waals surface area contributed by atoms with Gasteiger partial charge in [-0.25, -0.2) is 0 Å². The maximum absolute atomic E-state index is 11.2. The first kappa shape index (κ1) is 17.0. The molecule has 0 heterocycles. The maximum Gasteiger partial charge on any atom is 0.325 e. The first-order valence-electron chi connectivity index (χ1n) is 8.79. The molecule has 0 saturated heterocycles. The second kappa shape index (κ2) is 5.31. The second-order valence-corrected chi connectivity index (χ2v) is 10.8. The molecule has 128 valence electrons. The number of aliphatic hydroxyl groups excluding tert-OH is 1. The quantitative estimate of drug-likeness (QED) is 0.690. The number of aliphatic hydroxyl groups is 1. The molecule has 0 amide bonds. The van der Waals surface area contributed by atoms with Crippen LogP contribution in [0.3, 0.4) is 0 Å². The van der Waals surface area contributed by atoms with Gasteiger partial charge in [-0.05, 0) is 66.6 Å². The number of hydrogen-bond donors (Lipinski definition) is 3. The van der Waals surface area contributed by atoms with Crippen LogP contribution in [0.25, 0.3) is 0 Å². The Hall–Kier alpha value is 0.110. The minimum atomic E-state index is -4.02. The van der Waals surface area contributed by atoms with Crippen LogP contribution in [0, 0.1) is 34.5 Å². The van der Waals surface area contributed by atoms with Crippen molar-refractivity contribution in [2.75, 3.05) is 6.16 Å². The predicted molar refractivity (Wildman–Crippen MR) is 86.5 cm³/mol. The van der Waals surface area contributed by atoms with Crippen LogP contribution in [0.5, 0.6) is 0 Å². The first-order valence-corrected chi connectivity index (χ1v) is 10.6. The Morgan fingerprint density at radius 2 is 1.86 bits per heavy atom. The highest BCUT2D eigenvalue weighted by Crippen LogP contribution is 2.71. The van der Waals surface area contributed by atoms with Crippen molar-refractivity contribution in [3.63, 3.8) is 0 Å². The van der Waals surface area contributed by atoms with E-state index >= 15 is 0 Å². The zero-order valence-electron chi connectivity index (χ0n) is 14.0. The summed E-state index contributed by atoms with van der Waals surface area (Å²) >= 11 is 0. The average molecular weight is 330 g/mol. The van der Waals surface area contributed by atoms with Crippen molar-refractivity contribution >= 4 is 7.60 Å². The highest BCUT2D eigenvalue weighted by atomic mass is 31.2. The molecule has 0 radical (unpaired) electrons. The van der Waals surface area contributed by atoms with Crippen LogP contribution in [-0.4, -0.2) is 27.2 Å². The molecule has 22 heavy (non-hydrogen) atoms. The van der Waals surface area contributed by atoms with E-state index in [0.29, 0.717) is 23.2 Å². The average Bonchev–Trinajstić information content (AvgIpc) is 2.86. The van der Waals surface area contributed by atoms with Gasteiger partial charge in [0.1, 0.15) is 0 Å². The van der Waals surface area contributed by atoms with Gasteiger partial charge in [0.05, 0.1) is 12.3 Å². The minimum absolute atomic E-state index is 0.162. The van der Waals surface area contributed by atoms with E-state index in [1.54, 1.807) is 0 Å². The molecular weight excluding hydrogens is 299 g/mol. The zero-order chi connectivity index (χ0) is 16.3. The minimum Gasteiger partial charge on any atom is -0.393 e. The van der Waals surface area contributed by atoms with Gasteiger partial charge in [0.25, 0.3) is 0 Å². The summed E-state index contributed by atoms with van der Waals surface area (Å²) in [5.41, 5.74) is 0.497. The fourth-order valence-electron chi connectivity index (χ4n) is 6.68. The van der Waals surface area contributed by atoms with Gasteiger partial charge in [0.2, 0.25) is 0 Å². The Morgan fingerprint density at radius 3 is 2.50 bits per heavy atom. The topological polar surface area (TPSA) is 77.8 Å². The molecule has 5 heteroatoms. The molecule has 3 fully saturated rings. The van der Waals surface area contributed by atoms with Gasteiger partial charge in [-0.1, -0.05) is 27.2 Å². The molecule has 0 aromatic carbocycles. The van der Waals surface area contributed by atoms with Crippen molar-refractivity contribution in [1.29, 1.82) is 0 Å². The van der Waals surface area contributed by atoms with Gasteiger partial charge in [-0.15, -0.1) is 0 Å². The van der Waals surface area contributed by atoms with Crippen molar-refractivity contribution in [3.05, 3.63) is 0 Å². The van der Waals surface area contributed by atoms with E-state index in [0.717, 1.165) is 6.42 Å². The number of rotatable bonds is 4. The molecule has 0 aromatic heterocycles. The summed E-state index contributed by atoms with van der Waals surface area (Å²) in [7, 11) is -4.02. The third-order valence-electron chi connectivity index (χ3n) is 7.35. The SMILES string of the molecule is CC1(C)CCC[C@]2(C)[C@@H]([C@@H](O)CCP(=O)(O)O)[C@H]3CC[C@@H]2[C@@H]31. The third kappa shape index (κ3) is 2.60. The molecule has 3 rings (SSSR count). The molecule has 3 aliphatic rings. The van der Waals surface area contributed by atoms with Crippen molar-refractivity contribution in [3.8, 4) is 0 Å². The molecule has 0 spiro atoms. The highest BCUT2D eigenvalue weighted by molar-refractivity contribution is 7.51. The van der Waals surface area contributed by atoms with Crippen LogP contribution < -0.4 is 0 Å². The molecule has 4 bridgehead atoms. The Kier molecular flexibility index (Phi) is 4.09. The largest absolute Gasteiger partial charge is 0.393 e. The van der Waals surface area contributed by atoms with Gasteiger partial charge >= 0.3 is 7.60 Å². The van der Waals surface area contributed by atoms with E-state index in [2.05, 4.69) is 20.8 Å². The second-order valence-electron chi connectivity index (χ2n) is 8.99. The Labute approximate surface area is 133 Å². The molecule has 0 unspecified atom stereocenters. The lowest BCUT2D eigenvalue weighted by atomic mass is 9.62. The summed E-state index contributed by atoms with van der Waals surface area (Å²) in [6, 6.07) is 0. The molecule has 0 aliphatic heterocycles. The van der Waals surface area contributed by atoms with E-state index in [1.807, 2.05) is 0 Å². The summed E-state index contributed by atoms with van der Waals surface area (Å²) in [5, 5.41) is 10.8. The maximum atomic E-state index is 11.2. The molecule has 4 nitrogen and oxygen atoms in total. The van der Waals surface area contributed by atoms with Crippen LogP contribution in [0.2, 0.25) is 0 Å². The van der Waals surface area contributed by atoms with E-state index in [-0.39, 0.29) is 23.9 Å². The highest BCUT2D eigenvalue weighted by Gasteiger charge is 2.65. The third-order valence-corrected chi connectivity index (χ3v) is 8.19. The van der Waals surface area contributed by atoms with E-state index in [1.165, 1.54) is 25.7 Å². The molecular formula is C17H31O4P. The fraction of sp³-hybridized carbons (Fsp3) is 1.00. The van der Waals surface area contributed by atoms with Crippen molar-refractivity contribution in [1.82, 2.24) is 0 Å².